The second kappa shape index (κ2) is 5.42. The number of ether oxygens (including phenoxy) is 1. The van der Waals surface area contributed by atoms with E-state index in [-0.39, 0.29) is 11.9 Å². The molecule has 2 aromatic heterocycles. The average Bonchev–Trinajstić information content (AvgIpc) is 3.19. The highest BCUT2D eigenvalue weighted by Crippen LogP contribution is 2.30. The largest absolute Gasteiger partial charge is 0.493 e. The molecule has 0 spiro atoms. The van der Waals surface area contributed by atoms with Crippen LogP contribution in [-0.2, 0) is 0 Å². The van der Waals surface area contributed by atoms with Crippen LogP contribution in [0.4, 0.5) is 0 Å². The van der Waals surface area contributed by atoms with E-state index in [0.717, 1.165) is 5.39 Å². The molecule has 120 valence electrons. The average molecular weight is 322 g/mol. The number of amides is 1. The Morgan fingerprint density at radius 2 is 2.29 bits per heavy atom. The summed E-state index contributed by atoms with van der Waals surface area (Å²) >= 11 is 0. The number of likely N-dealkylation sites (tertiary alicyclic amines) is 1. The molecule has 0 aliphatic carbocycles. The third-order valence-corrected chi connectivity index (χ3v) is 4.19. The number of carbonyl (C=O) groups is 1. The number of hydrogen-bond donors (Lipinski definition) is 0. The Labute approximate surface area is 137 Å². The highest BCUT2D eigenvalue weighted by Gasteiger charge is 2.34. The lowest BCUT2D eigenvalue weighted by molar-refractivity contribution is 0.0472. The Hall–Kier alpha value is -3.27. The van der Waals surface area contributed by atoms with Gasteiger partial charge in [-0.05, 0) is 12.1 Å². The molecule has 24 heavy (non-hydrogen) atoms. The summed E-state index contributed by atoms with van der Waals surface area (Å²) < 4.78 is 12.7. The summed E-state index contributed by atoms with van der Waals surface area (Å²) in [5, 5.41) is 13.8. The van der Waals surface area contributed by atoms with E-state index in [9.17, 15) is 4.79 Å². The van der Waals surface area contributed by atoms with Crippen molar-refractivity contribution < 1.29 is 13.9 Å². The molecule has 0 bridgehead atoms. The van der Waals surface area contributed by atoms with Crippen LogP contribution < -0.4 is 4.74 Å². The van der Waals surface area contributed by atoms with Crippen molar-refractivity contribution in [1.82, 2.24) is 14.7 Å². The maximum absolute atomic E-state index is 12.5. The van der Waals surface area contributed by atoms with Gasteiger partial charge < -0.3 is 14.1 Å². The summed E-state index contributed by atoms with van der Waals surface area (Å²) in [5.41, 5.74) is 1.09. The fraction of sp³-hybridized carbons (Fsp3) is 0.235. The molecule has 0 radical (unpaired) electrons. The number of methoxy groups -OCH3 is 1. The van der Waals surface area contributed by atoms with Crippen molar-refractivity contribution in [2.75, 3.05) is 20.2 Å². The van der Waals surface area contributed by atoms with Crippen LogP contribution in [0.3, 0.4) is 0 Å². The number of para-hydroxylation sites is 1. The molecule has 1 aliphatic heterocycles. The van der Waals surface area contributed by atoms with E-state index in [4.69, 9.17) is 14.4 Å². The van der Waals surface area contributed by atoms with E-state index >= 15 is 0 Å². The number of benzene rings is 1. The molecular formula is C17H14N4O3. The first-order chi connectivity index (χ1) is 11.7. The molecule has 7 nitrogen and oxygen atoms in total. The number of rotatable bonds is 3. The van der Waals surface area contributed by atoms with Crippen LogP contribution in [0.5, 0.6) is 5.75 Å². The summed E-state index contributed by atoms with van der Waals surface area (Å²) in [6.07, 6.45) is 3.22. The van der Waals surface area contributed by atoms with Gasteiger partial charge in [0.05, 0.1) is 24.9 Å². The van der Waals surface area contributed by atoms with Crippen LogP contribution in [0.25, 0.3) is 11.0 Å². The minimum Gasteiger partial charge on any atom is -0.493 e. The second-order valence-corrected chi connectivity index (χ2v) is 5.67. The number of fused-ring (bicyclic) bond motifs is 1. The van der Waals surface area contributed by atoms with Crippen molar-refractivity contribution in [3.05, 3.63) is 48.0 Å². The number of carbonyl (C=O) groups excluding carboxylic acids is 1. The topological polar surface area (TPSA) is 84.3 Å². The van der Waals surface area contributed by atoms with Crippen LogP contribution in [0.15, 0.2) is 41.1 Å². The zero-order valence-electron chi connectivity index (χ0n) is 13.0. The van der Waals surface area contributed by atoms with Crippen molar-refractivity contribution >= 4 is 16.9 Å². The van der Waals surface area contributed by atoms with E-state index in [1.165, 1.54) is 6.20 Å². The van der Waals surface area contributed by atoms with Crippen LogP contribution >= 0.6 is 0 Å². The van der Waals surface area contributed by atoms with Gasteiger partial charge in [-0.2, -0.15) is 10.4 Å². The van der Waals surface area contributed by atoms with E-state index in [0.29, 0.717) is 35.7 Å². The van der Waals surface area contributed by atoms with E-state index in [2.05, 4.69) is 5.10 Å². The second-order valence-electron chi connectivity index (χ2n) is 5.67. The minimum absolute atomic E-state index is 0.0926. The minimum atomic E-state index is -0.155. The summed E-state index contributed by atoms with van der Waals surface area (Å²) in [4.78, 5) is 14.2. The van der Waals surface area contributed by atoms with Gasteiger partial charge in [0.25, 0.3) is 5.91 Å². The first-order valence-electron chi connectivity index (χ1n) is 7.49. The van der Waals surface area contributed by atoms with Crippen LogP contribution in [0, 0.1) is 11.3 Å². The standard InChI is InChI=1S/C17H14N4O3/c1-23-14-4-2-3-12-5-15(24-16(12)14)17(22)20-9-13(10-20)21-8-11(6-18)7-19-21/h2-5,7-8,13H,9-10H2,1H3. The molecule has 7 heteroatoms. The molecule has 3 heterocycles. The maximum Gasteiger partial charge on any atom is 0.289 e. The number of hydrogen-bond acceptors (Lipinski definition) is 5. The Kier molecular flexibility index (Phi) is 3.24. The van der Waals surface area contributed by atoms with Gasteiger partial charge in [0.2, 0.25) is 0 Å². The van der Waals surface area contributed by atoms with Crippen LogP contribution in [0.1, 0.15) is 22.2 Å². The molecule has 1 fully saturated rings. The van der Waals surface area contributed by atoms with Gasteiger partial charge in [-0.1, -0.05) is 12.1 Å². The quantitative estimate of drug-likeness (QED) is 0.738. The fourth-order valence-electron chi connectivity index (χ4n) is 2.84. The molecule has 0 N–H and O–H groups in total. The van der Waals surface area contributed by atoms with Gasteiger partial charge in [-0.25, -0.2) is 0 Å². The fourth-order valence-corrected chi connectivity index (χ4v) is 2.84. The van der Waals surface area contributed by atoms with E-state index in [1.807, 2.05) is 18.2 Å². The Morgan fingerprint density at radius 3 is 3.00 bits per heavy atom. The Morgan fingerprint density at radius 1 is 1.46 bits per heavy atom. The Balaban J connectivity index is 1.50. The molecule has 1 aliphatic rings. The van der Waals surface area contributed by atoms with Gasteiger partial charge in [0.1, 0.15) is 6.07 Å². The highest BCUT2D eigenvalue weighted by molar-refractivity contribution is 5.97. The number of aromatic nitrogens is 2. The molecule has 1 aromatic carbocycles. The van der Waals surface area contributed by atoms with Crippen molar-refractivity contribution in [1.29, 1.82) is 5.26 Å². The van der Waals surface area contributed by atoms with Crippen LogP contribution in [-0.4, -0.2) is 40.8 Å². The van der Waals surface area contributed by atoms with Gasteiger partial charge in [0.15, 0.2) is 17.1 Å². The smallest absolute Gasteiger partial charge is 0.289 e. The monoisotopic (exact) mass is 322 g/mol. The summed E-state index contributed by atoms with van der Waals surface area (Å²) in [6, 6.07) is 9.40. The number of nitrogens with zero attached hydrogens (tertiary/aromatic N) is 4. The molecule has 1 saturated heterocycles. The third-order valence-electron chi connectivity index (χ3n) is 4.19. The summed E-state index contributed by atoms with van der Waals surface area (Å²) in [5.74, 6) is 0.747. The predicted octanol–water partition coefficient (Wildman–Crippen LogP) is 2.21. The van der Waals surface area contributed by atoms with E-state index in [1.54, 1.807) is 35.0 Å². The lowest BCUT2D eigenvalue weighted by atomic mass is 10.1. The lowest BCUT2D eigenvalue weighted by Crippen LogP contribution is -2.50. The molecule has 4 rings (SSSR count). The molecule has 0 saturated carbocycles. The van der Waals surface area contributed by atoms with Gasteiger partial charge >= 0.3 is 0 Å². The SMILES string of the molecule is COc1cccc2cc(C(=O)N3CC(n4cc(C#N)cn4)C3)oc12. The van der Waals surface area contributed by atoms with Gasteiger partial charge in [-0.15, -0.1) is 0 Å². The summed E-state index contributed by atoms with van der Waals surface area (Å²) in [7, 11) is 1.57. The maximum atomic E-state index is 12.5. The zero-order valence-corrected chi connectivity index (χ0v) is 13.0. The van der Waals surface area contributed by atoms with E-state index < -0.39 is 0 Å². The number of furan rings is 1. The zero-order chi connectivity index (χ0) is 16.7. The van der Waals surface area contributed by atoms with Gasteiger partial charge in [0, 0.05) is 24.7 Å². The van der Waals surface area contributed by atoms with Crippen molar-refractivity contribution in [2.45, 2.75) is 6.04 Å². The summed E-state index contributed by atoms with van der Waals surface area (Å²) in [6.45, 7) is 1.08. The normalized spacial score (nSPS) is 14.4. The first-order valence-corrected chi connectivity index (χ1v) is 7.49. The van der Waals surface area contributed by atoms with Gasteiger partial charge in [-0.3, -0.25) is 9.48 Å². The lowest BCUT2D eigenvalue weighted by Gasteiger charge is -2.38. The van der Waals surface area contributed by atoms with Crippen molar-refractivity contribution in [3.8, 4) is 11.8 Å². The molecule has 3 aromatic rings. The molecule has 0 unspecified atom stereocenters. The Bertz CT molecular complexity index is 960. The third kappa shape index (κ3) is 2.20. The molecule has 0 atom stereocenters. The van der Waals surface area contributed by atoms with Crippen molar-refractivity contribution in [2.24, 2.45) is 0 Å². The highest BCUT2D eigenvalue weighted by atomic mass is 16.5. The molecular weight excluding hydrogens is 308 g/mol. The molecule has 1 amide bonds. The van der Waals surface area contributed by atoms with Crippen LogP contribution in [0.2, 0.25) is 0 Å². The van der Waals surface area contributed by atoms with Crippen molar-refractivity contribution in [3.63, 3.8) is 0 Å². The number of nitriles is 1. The first kappa shape index (κ1) is 14.3. The predicted molar refractivity (Wildman–Crippen MR) is 84.6 cm³/mol.